The summed E-state index contributed by atoms with van der Waals surface area (Å²) >= 11 is 0. The molecule has 0 aliphatic rings. The summed E-state index contributed by atoms with van der Waals surface area (Å²) in [6, 6.07) is 3.72. The molecule has 0 fully saturated rings. The first-order valence-electron chi connectivity index (χ1n) is 5.41. The van der Waals surface area contributed by atoms with Crippen LogP contribution in [0.3, 0.4) is 0 Å². The largest absolute Gasteiger partial charge is 0.507 e. The highest BCUT2D eigenvalue weighted by Gasteiger charge is 2.23. The van der Waals surface area contributed by atoms with Gasteiger partial charge in [-0.2, -0.15) is 0 Å². The van der Waals surface area contributed by atoms with Gasteiger partial charge in [-0.25, -0.2) is 0 Å². The average molecular weight is 222 g/mol. The number of carboxylic acids is 1. The number of aromatic hydroxyl groups is 1. The molecule has 0 aliphatic carbocycles. The normalized spacial score (nSPS) is 12.8. The number of hydrogen-bond donors (Lipinski definition) is 2. The van der Waals surface area contributed by atoms with Crippen molar-refractivity contribution in [3.05, 3.63) is 28.8 Å². The third kappa shape index (κ3) is 2.18. The van der Waals surface area contributed by atoms with Crippen molar-refractivity contribution in [2.45, 2.75) is 39.5 Å². The Balaban J connectivity index is 3.43. The predicted molar refractivity (Wildman–Crippen MR) is 63.0 cm³/mol. The molecule has 0 heterocycles. The van der Waals surface area contributed by atoms with Crippen LogP contribution in [-0.2, 0) is 4.79 Å². The van der Waals surface area contributed by atoms with Gasteiger partial charge in [0.05, 0.1) is 5.92 Å². The lowest BCUT2D eigenvalue weighted by Crippen LogP contribution is -2.11. The van der Waals surface area contributed by atoms with Gasteiger partial charge >= 0.3 is 5.97 Å². The minimum atomic E-state index is -0.914. The minimum Gasteiger partial charge on any atom is -0.507 e. The van der Waals surface area contributed by atoms with E-state index < -0.39 is 11.9 Å². The van der Waals surface area contributed by atoms with E-state index in [-0.39, 0.29) is 11.7 Å². The van der Waals surface area contributed by atoms with E-state index in [2.05, 4.69) is 0 Å². The van der Waals surface area contributed by atoms with E-state index in [1.54, 1.807) is 13.8 Å². The van der Waals surface area contributed by atoms with E-state index in [1.807, 2.05) is 26.0 Å². The first kappa shape index (κ1) is 12.6. The molecule has 0 spiro atoms. The van der Waals surface area contributed by atoms with E-state index in [0.29, 0.717) is 11.1 Å². The summed E-state index contributed by atoms with van der Waals surface area (Å²) in [5, 5.41) is 19.0. The Labute approximate surface area is 95.7 Å². The molecule has 3 heteroatoms. The highest BCUT2D eigenvalue weighted by molar-refractivity contribution is 5.77. The van der Waals surface area contributed by atoms with E-state index in [0.717, 1.165) is 5.56 Å². The van der Waals surface area contributed by atoms with Gasteiger partial charge in [-0.05, 0) is 30.9 Å². The smallest absolute Gasteiger partial charge is 0.310 e. The van der Waals surface area contributed by atoms with Crippen molar-refractivity contribution in [2.75, 3.05) is 0 Å². The standard InChI is InChI=1S/C13H18O3/c1-7(2)10-6-5-8(3)12(14)11(10)9(4)13(15)16/h5-7,9,14H,1-4H3,(H,15,16). The van der Waals surface area contributed by atoms with Crippen molar-refractivity contribution in [1.82, 2.24) is 0 Å². The average Bonchev–Trinajstić information content (AvgIpc) is 2.20. The molecule has 2 N–H and O–H groups in total. The lowest BCUT2D eigenvalue weighted by molar-refractivity contribution is -0.138. The van der Waals surface area contributed by atoms with E-state index >= 15 is 0 Å². The van der Waals surface area contributed by atoms with Crippen molar-refractivity contribution >= 4 is 5.97 Å². The first-order chi connectivity index (χ1) is 7.36. The Morgan fingerprint density at radius 1 is 1.25 bits per heavy atom. The zero-order valence-corrected chi connectivity index (χ0v) is 10.1. The summed E-state index contributed by atoms with van der Waals surface area (Å²) in [6.45, 7) is 7.35. The quantitative estimate of drug-likeness (QED) is 0.826. The van der Waals surface area contributed by atoms with Crippen LogP contribution < -0.4 is 0 Å². The number of rotatable bonds is 3. The molecule has 1 unspecified atom stereocenters. The van der Waals surface area contributed by atoms with Crippen molar-refractivity contribution < 1.29 is 15.0 Å². The van der Waals surface area contributed by atoms with Crippen LogP contribution >= 0.6 is 0 Å². The van der Waals surface area contributed by atoms with Crippen molar-refractivity contribution in [1.29, 1.82) is 0 Å². The second-order valence-electron chi connectivity index (χ2n) is 4.45. The minimum absolute atomic E-state index is 0.112. The van der Waals surface area contributed by atoms with E-state index in [4.69, 9.17) is 5.11 Å². The summed E-state index contributed by atoms with van der Waals surface area (Å²) < 4.78 is 0. The van der Waals surface area contributed by atoms with Gasteiger partial charge in [0, 0.05) is 5.56 Å². The highest BCUT2D eigenvalue weighted by atomic mass is 16.4. The van der Waals surface area contributed by atoms with Gasteiger partial charge in [-0.1, -0.05) is 26.0 Å². The first-order valence-corrected chi connectivity index (χ1v) is 5.41. The Morgan fingerprint density at radius 2 is 1.81 bits per heavy atom. The van der Waals surface area contributed by atoms with Crippen LogP contribution in [0.25, 0.3) is 0 Å². The molecule has 0 bridgehead atoms. The molecule has 1 atom stereocenters. The van der Waals surface area contributed by atoms with Crippen molar-refractivity contribution in [2.24, 2.45) is 0 Å². The van der Waals surface area contributed by atoms with Crippen LogP contribution in [0.2, 0.25) is 0 Å². The molecule has 0 amide bonds. The molecule has 0 radical (unpaired) electrons. The van der Waals surface area contributed by atoms with Crippen LogP contribution in [-0.4, -0.2) is 16.2 Å². The van der Waals surface area contributed by atoms with Gasteiger partial charge in [0.1, 0.15) is 5.75 Å². The third-order valence-corrected chi connectivity index (χ3v) is 2.88. The third-order valence-electron chi connectivity index (χ3n) is 2.88. The SMILES string of the molecule is Cc1ccc(C(C)C)c(C(C)C(=O)O)c1O. The maximum absolute atomic E-state index is 11.0. The molecular weight excluding hydrogens is 204 g/mol. The van der Waals surface area contributed by atoms with Crippen LogP contribution in [0.1, 0.15) is 49.3 Å². The number of aliphatic carboxylic acids is 1. The van der Waals surface area contributed by atoms with Crippen LogP contribution in [0, 0.1) is 6.92 Å². The molecule has 3 nitrogen and oxygen atoms in total. The molecule has 16 heavy (non-hydrogen) atoms. The number of benzene rings is 1. The van der Waals surface area contributed by atoms with Crippen molar-refractivity contribution in [3.63, 3.8) is 0 Å². The zero-order valence-electron chi connectivity index (χ0n) is 10.1. The number of phenolic OH excluding ortho intramolecular Hbond substituents is 1. The second-order valence-corrected chi connectivity index (χ2v) is 4.45. The Kier molecular flexibility index (Phi) is 3.58. The molecule has 1 aromatic carbocycles. The van der Waals surface area contributed by atoms with Gasteiger partial charge in [-0.15, -0.1) is 0 Å². The number of carboxylic acid groups (broad SMARTS) is 1. The molecule has 0 saturated heterocycles. The fourth-order valence-electron chi connectivity index (χ4n) is 1.81. The maximum atomic E-state index is 11.0. The highest BCUT2D eigenvalue weighted by Crippen LogP contribution is 2.35. The maximum Gasteiger partial charge on any atom is 0.310 e. The fraction of sp³-hybridized carbons (Fsp3) is 0.462. The second kappa shape index (κ2) is 4.56. The van der Waals surface area contributed by atoms with E-state index in [9.17, 15) is 9.90 Å². The number of aryl methyl sites for hydroxylation is 1. The van der Waals surface area contributed by atoms with Gasteiger partial charge in [0.2, 0.25) is 0 Å². The lowest BCUT2D eigenvalue weighted by atomic mass is 9.87. The molecule has 1 rings (SSSR count). The summed E-state index contributed by atoms with van der Waals surface area (Å²) in [5.41, 5.74) is 2.16. The van der Waals surface area contributed by atoms with Gasteiger partial charge < -0.3 is 10.2 Å². The van der Waals surface area contributed by atoms with Gasteiger partial charge in [0.25, 0.3) is 0 Å². The molecule has 0 aliphatic heterocycles. The Morgan fingerprint density at radius 3 is 2.25 bits per heavy atom. The molecule has 88 valence electrons. The summed E-state index contributed by atoms with van der Waals surface area (Å²) in [5.74, 6) is -1.29. The zero-order chi connectivity index (χ0) is 12.5. The van der Waals surface area contributed by atoms with Gasteiger partial charge in [0.15, 0.2) is 0 Å². The lowest BCUT2D eigenvalue weighted by Gasteiger charge is -2.18. The molecule has 1 aromatic rings. The molecular formula is C13H18O3. The van der Waals surface area contributed by atoms with Crippen LogP contribution in [0.4, 0.5) is 0 Å². The monoisotopic (exact) mass is 222 g/mol. The van der Waals surface area contributed by atoms with Crippen molar-refractivity contribution in [3.8, 4) is 5.75 Å². The Bertz CT molecular complexity index is 408. The summed E-state index contributed by atoms with van der Waals surface area (Å²) in [6.07, 6.45) is 0. The molecule has 0 saturated carbocycles. The van der Waals surface area contributed by atoms with Crippen LogP contribution in [0.15, 0.2) is 12.1 Å². The summed E-state index contributed by atoms with van der Waals surface area (Å²) in [7, 11) is 0. The Hall–Kier alpha value is -1.51. The summed E-state index contributed by atoms with van der Waals surface area (Å²) in [4.78, 5) is 11.0. The van der Waals surface area contributed by atoms with Gasteiger partial charge in [-0.3, -0.25) is 4.79 Å². The van der Waals surface area contributed by atoms with Crippen LogP contribution in [0.5, 0.6) is 5.75 Å². The van der Waals surface area contributed by atoms with E-state index in [1.165, 1.54) is 0 Å². The topological polar surface area (TPSA) is 57.5 Å². The number of carbonyl (C=O) groups is 1. The number of phenols is 1. The predicted octanol–water partition coefficient (Wildman–Crippen LogP) is 3.01. The fourth-order valence-corrected chi connectivity index (χ4v) is 1.81. The number of hydrogen-bond acceptors (Lipinski definition) is 2. The molecule has 0 aromatic heterocycles.